The predicted octanol–water partition coefficient (Wildman–Crippen LogP) is -0.708. The highest BCUT2D eigenvalue weighted by Gasteiger charge is 2.26. The number of likely N-dealkylation sites (N-methyl/N-ethyl adjacent to an activating group) is 1. The van der Waals surface area contributed by atoms with Gasteiger partial charge in [-0.1, -0.05) is 0 Å². The summed E-state index contributed by atoms with van der Waals surface area (Å²) in [5.74, 6) is 0.0665. The van der Waals surface area contributed by atoms with Crippen molar-refractivity contribution in [3.63, 3.8) is 0 Å². The summed E-state index contributed by atoms with van der Waals surface area (Å²) >= 11 is 0. The molecule has 0 aromatic rings. The molecule has 1 rings (SSSR count). The molecule has 6 nitrogen and oxygen atoms in total. The van der Waals surface area contributed by atoms with Gasteiger partial charge in [-0.15, -0.1) is 0 Å². The maximum atomic E-state index is 11.7. The maximum absolute atomic E-state index is 11.7. The normalized spacial score (nSPS) is 21.5. The molecule has 1 unspecified atom stereocenters. The summed E-state index contributed by atoms with van der Waals surface area (Å²) in [6, 6.07) is -0.104. The first-order valence-electron chi connectivity index (χ1n) is 5.03. The number of primary amides is 1. The number of hydrogen-bond acceptors (Lipinski definition) is 4. The van der Waals surface area contributed by atoms with Crippen molar-refractivity contribution in [1.29, 1.82) is 0 Å². The molecule has 3 N–H and O–H groups in total. The van der Waals surface area contributed by atoms with E-state index in [0.717, 1.165) is 19.4 Å². The van der Waals surface area contributed by atoms with Gasteiger partial charge in [-0.3, -0.25) is 4.79 Å². The van der Waals surface area contributed by atoms with Crippen molar-refractivity contribution in [2.45, 2.75) is 18.9 Å². The van der Waals surface area contributed by atoms with Crippen LogP contribution in [-0.2, 0) is 9.53 Å². The van der Waals surface area contributed by atoms with Crippen LogP contribution >= 0.6 is 0 Å². The van der Waals surface area contributed by atoms with Crippen LogP contribution in [0.15, 0.2) is 0 Å². The molecule has 0 saturated carbocycles. The predicted molar refractivity (Wildman–Crippen MR) is 54.2 cm³/mol. The second-order valence-electron chi connectivity index (χ2n) is 3.48. The van der Waals surface area contributed by atoms with Gasteiger partial charge in [0, 0.05) is 6.54 Å². The third-order valence-electron chi connectivity index (χ3n) is 2.48. The molecule has 0 aromatic carbocycles. The Labute approximate surface area is 88.7 Å². The van der Waals surface area contributed by atoms with Crippen molar-refractivity contribution in [3.05, 3.63) is 0 Å². The standard InChI is InChI=1S/C9H17N3O3/c1-11-7-3-2-4-12(8(7)13)5-6-15-9(10)14/h7,11H,2-6H2,1H3,(H2,10,14). The summed E-state index contributed by atoms with van der Waals surface area (Å²) in [7, 11) is 1.77. The summed E-state index contributed by atoms with van der Waals surface area (Å²) in [6.45, 7) is 1.30. The monoisotopic (exact) mass is 215 g/mol. The number of rotatable bonds is 4. The zero-order valence-corrected chi connectivity index (χ0v) is 8.86. The van der Waals surface area contributed by atoms with Gasteiger partial charge in [-0.05, 0) is 19.9 Å². The summed E-state index contributed by atoms with van der Waals surface area (Å²) in [5, 5.41) is 2.96. The number of hydrogen-bond donors (Lipinski definition) is 2. The van der Waals surface area contributed by atoms with Gasteiger partial charge in [0.1, 0.15) is 6.61 Å². The third kappa shape index (κ3) is 3.39. The number of nitrogens with zero attached hydrogens (tertiary/aromatic N) is 1. The molecule has 0 radical (unpaired) electrons. The number of carbonyl (C=O) groups excluding carboxylic acids is 2. The number of amides is 2. The summed E-state index contributed by atoms with van der Waals surface area (Å²) in [5.41, 5.74) is 4.82. The maximum Gasteiger partial charge on any atom is 0.404 e. The lowest BCUT2D eigenvalue weighted by atomic mass is 10.1. The highest BCUT2D eigenvalue weighted by molar-refractivity contribution is 5.82. The molecule has 1 fully saturated rings. The van der Waals surface area contributed by atoms with E-state index in [1.165, 1.54) is 0 Å². The van der Waals surface area contributed by atoms with E-state index >= 15 is 0 Å². The number of nitrogens with two attached hydrogens (primary N) is 1. The molecule has 0 bridgehead atoms. The molecule has 1 heterocycles. The van der Waals surface area contributed by atoms with E-state index in [-0.39, 0.29) is 18.6 Å². The van der Waals surface area contributed by atoms with Crippen LogP contribution in [-0.4, -0.2) is 49.7 Å². The Kier molecular flexibility index (Phi) is 4.36. The van der Waals surface area contributed by atoms with Gasteiger partial charge in [-0.25, -0.2) is 4.79 Å². The molecule has 1 saturated heterocycles. The average molecular weight is 215 g/mol. The second kappa shape index (κ2) is 5.55. The third-order valence-corrected chi connectivity index (χ3v) is 2.48. The lowest BCUT2D eigenvalue weighted by Gasteiger charge is -2.31. The number of likely N-dealkylation sites (tertiary alicyclic amines) is 1. The largest absolute Gasteiger partial charge is 0.448 e. The SMILES string of the molecule is CNC1CCCN(CCOC(N)=O)C1=O. The van der Waals surface area contributed by atoms with Crippen LogP contribution in [0.5, 0.6) is 0 Å². The minimum absolute atomic E-state index is 0.0665. The van der Waals surface area contributed by atoms with Crippen LogP contribution < -0.4 is 11.1 Å². The van der Waals surface area contributed by atoms with E-state index in [1.807, 2.05) is 0 Å². The lowest BCUT2D eigenvalue weighted by Crippen LogP contribution is -2.50. The number of carbonyl (C=O) groups is 2. The molecule has 15 heavy (non-hydrogen) atoms. The Morgan fingerprint density at radius 3 is 3.07 bits per heavy atom. The molecule has 0 aromatic heterocycles. The Morgan fingerprint density at radius 1 is 1.73 bits per heavy atom. The Hall–Kier alpha value is -1.30. The molecule has 1 aliphatic heterocycles. The summed E-state index contributed by atoms with van der Waals surface area (Å²) < 4.78 is 4.59. The molecule has 0 spiro atoms. The quantitative estimate of drug-likeness (QED) is 0.649. The lowest BCUT2D eigenvalue weighted by molar-refractivity contribution is -0.136. The van der Waals surface area contributed by atoms with Crippen LogP contribution in [0, 0.1) is 0 Å². The van der Waals surface area contributed by atoms with E-state index in [4.69, 9.17) is 5.73 Å². The van der Waals surface area contributed by atoms with Gasteiger partial charge in [0.2, 0.25) is 5.91 Å². The molecule has 6 heteroatoms. The van der Waals surface area contributed by atoms with Crippen LogP contribution in [0.25, 0.3) is 0 Å². The van der Waals surface area contributed by atoms with Gasteiger partial charge >= 0.3 is 6.09 Å². The molecule has 0 aliphatic carbocycles. The van der Waals surface area contributed by atoms with Crippen LogP contribution in [0.1, 0.15) is 12.8 Å². The molecule has 1 aliphatic rings. The first-order valence-corrected chi connectivity index (χ1v) is 5.03. The first kappa shape index (κ1) is 11.8. The van der Waals surface area contributed by atoms with Gasteiger partial charge in [0.15, 0.2) is 0 Å². The minimum Gasteiger partial charge on any atom is -0.448 e. The molecule has 1 atom stereocenters. The van der Waals surface area contributed by atoms with E-state index in [1.54, 1.807) is 11.9 Å². The Morgan fingerprint density at radius 2 is 2.47 bits per heavy atom. The van der Waals surface area contributed by atoms with Crippen molar-refractivity contribution in [2.75, 3.05) is 26.7 Å². The van der Waals surface area contributed by atoms with Crippen LogP contribution in [0.4, 0.5) is 4.79 Å². The second-order valence-corrected chi connectivity index (χ2v) is 3.48. The number of piperidine rings is 1. The van der Waals surface area contributed by atoms with Gasteiger partial charge in [-0.2, -0.15) is 0 Å². The summed E-state index contributed by atoms with van der Waals surface area (Å²) in [4.78, 5) is 23.7. The van der Waals surface area contributed by atoms with E-state index in [0.29, 0.717) is 6.54 Å². The fourth-order valence-electron chi connectivity index (χ4n) is 1.69. The summed E-state index contributed by atoms with van der Waals surface area (Å²) in [6.07, 6.45) is 1.03. The molecular weight excluding hydrogens is 198 g/mol. The van der Waals surface area contributed by atoms with E-state index in [9.17, 15) is 9.59 Å². The molecular formula is C9H17N3O3. The highest BCUT2D eigenvalue weighted by Crippen LogP contribution is 2.10. The fourth-order valence-corrected chi connectivity index (χ4v) is 1.69. The zero-order chi connectivity index (χ0) is 11.3. The zero-order valence-electron chi connectivity index (χ0n) is 8.86. The van der Waals surface area contributed by atoms with Crippen molar-refractivity contribution < 1.29 is 14.3 Å². The van der Waals surface area contributed by atoms with Crippen molar-refractivity contribution in [2.24, 2.45) is 5.73 Å². The minimum atomic E-state index is -0.801. The van der Waals surface area contributed by atoms with Crippen molar-refractivity contribution in [3.8, 4) is 0 Å². The van der Waals surface area contributed by atoms with Gasteiger partial charge in [0.25, 0.3) is 0 Å². The first-order chi connectivity index (χ1) is 7.15. The van der Waals surface area contributed by atoms with Crippen LogP contribution in [0.2, 0.25) is 0 Å². The number of nitrogens with one attached hydrogen (secondary N) is 1. The van der Waals surface area contributed by atoms with Gasteiger partial charge < -0.3 is 20.7 Å². The number of ether oxygens (including phenoxy) is 1. The fraction of sp³-hybridized carbons (Fsp3) is 0.778. The Bertz CT molecular complexity index is 245. The van der Waals surface area contributed by atoms with E-state index in [2.05, 4.69) is 10.1 Å². The molecule has 86 valence electrons. The topological polar surface area (TPSA) is 84.7 Å². The average Bonchev–Trinajstić information content (AvgIpc) is 2.20. The molecule has 2 amide bonds. The van der Waals surface area contributed by atoms with Gasteiger partial charge in [0.05, 0.1) is 12.6 Å². The smallest absolute Gasteiger partial charge is 0.404 e. The van der Waals surface area contributed by atoms with Crippen molar-refractivity contribution in [1.82, 2.24) is 10.2 Å². The van der Waals surface area contributed by atoms with Crippen LogP contribution in [0.3, 0.4) is 0 Å². The Balaban J connectivity index is 2.34. The van der Waals surface area contributed by atoms with E-state index < -0.39 is 6.09 Å². The highest BCUT2D eigenvalue weighted by atomic mass is 16.5. The van der Waals surface area contributed by atoms with Crippen molar-refractivity contribution >= 4 is 12.0 Å².